The molecule has 2 aliphatic rings. The van der Waals surface area contributed by atoms with E-state index in [-0.39, 0.29) is 17.8 Å². The summed E-state index contributed by atoms with van der Waals surface area (Å²) >= 11 is 0. The molecule has 2 saturated heterocycles. The fourth-order valence-corrected chi connectivity index (χ4v) is 6.57. The number of nitrogens with zero attached hydrogens (tertiary/aromatic N) is 4. The fourth-order valence-electron chi connectivity index (χ4n) is 6.57. The highest BCUT2D eigenvalue weighted by Gasteiger charge is 2.38. The highest BCUT2D eigenvalue weighted by Crippen LogP contribution is 2.40. The van der Waals surface area contributed by atoms with E-state index in [1.807, 2.05) is 4.90 Å². The van der Waals surface area contributed by atoms with Crippen LogP contribution in [0.2, 0.25) is 0 Å². The number of hydrogen-bond donors (Lipinski definition) is 1. The summed E-state index contributed by atoms with van der Waals surface area (Å²) in [6.07, 6.45) is 6.99. The predicted molar refractivity (Wildman–Crippen MR) is 154 cm³/mol. The van der Waals surface area contributed by atoms with Crippen LogP contribution in [0.3, 0.4) is 0 Å². The molecule has 0 unspecified atom stereocenters. The van der Waals surface area contributed by atoms with Crippen molar-refractivity contribution >= 4 is 23.4 Å². The highest BCUT2D eigenvalue weighted by molar-refractivity contribution is 5.91. The minimum Gasteiger partial charge on any atom is -0.483 e. The molecule has 4 aromatic rings. The van der Waals surface area contributed by atoms with E-state index in [4.69, 9.17) is 19.3 Å². The maximum absolute atomic E-state index is 12.9. The largest absolute Gasteiger partial charge is 0.483 e. The van der Waals surface area contributed by atoms with Gasteiger partial charge in [-0.3, -0.25) is 9.59 Å². The number of aromatic nitrogens is 2. The average molecular weight is 543 g/mol. The van der Waals surface area contributed by atoms with Crippen LogP contribution in [0.15, 0.2) is 77.4 Å². The van der Waals surface area contributed by atoms with Crippen LogP contribution in [0, 0.1) is 6.92 Å². The third-order valence-corrected chi connectivity index (χ3v) is 8.73. The number of likely N-dealkylation sites (tertiary alicyclic amines) is 2. The molecule has 4 heterocycles. The Bertz CT molecular complexity index is 1380. The molecule has 0 radical (unpaired) electrons. The molecule has 2 aliphatic heterocycles. The zero-order valence-electron chi connectivity index (χ0n) is 23.1. The quantitative estimate of drug-likeness (QED) is 0.322. The van der Waals surface area contributed by atoms with Gasteiger partial charge in [0, 0.05) is 32.2 Å². The second-order valence-electron chi connectivity index (χ2n) is 10.9. The number of aryl methyl sites for hydroxylation is 1. The smallest absolute Gasteiger partial charge is 0.290 e. The lowest BCUT2D eigenvalue weighted by molar-refractivity contribution is -0.122. The minimum absolute atomic E-state index is 0.0102. The van der Waals surface area contributed by atoms with Crippen molar-refractivity contribution in [3.63, 3.8) is 0 Å². The van der Waals surface area contributed by atoms with Crippen LogP contribution in [0.25, 0.3) is 11.0 Å². The zero-order valence-corrected chi connectivity index (χ0v) is 23.1. The Hall–Kier alpha value is -3.91. The number of piperidine rings is 2. The van der Waals surface area contributed by atoms with Gasteiger partial charge in [0.1, 0.15) is 5.82 Å². The molecule has 0 aliphatic carbocycles. The summed E-state index contributed by atoms with van der Waals surface area (Å²) in [4.78, 5) is 30.6. The third kappa shape index (κ3) is 5.82. The first kappa shape index (κ1) is 27.6. The molecular weight excluding hydrogens is 504 g/mol. The molecule has 2 aromatic carbocycles. The SMILES string of the molecule is Cc1nc2ccccc2n1C1CCN(CCC2(c3ccccc3)CCN(C(=O)c3ccco3)CC2)CC1.O=CO. The molecule has 2 fully saturated rings. The van der Waals surface area contributed by atoms with Crippen molar-refractivity contribution in [1.82, 2.24) is 19.4 Å². The van der Waals surface area contributed by atoms with Crippen LogP contribution in [-0.4, -0.2) is 69.6 Å². The van der Waals surface area contributed by atoms with Gasteiger partial charge in [-0.05, 0) is 80.8 Å². The van der Waals surface area contributed by atoms with Crippen molar-refractivity contribution in [3.05, 3.63) is 90.1 Å². The summed E-state index contributed by atoms with van der Waals surface area (Å²) in [5, 5.41) is 6.89. The Labute approximate surface area is 235 Å². The summed E-state index contributed by atoms with van der Waals surface area (Å²) < 4.78 is 7.84. The van der Waals surface area contributed by atoms with Crippen molar-refractivity contribution in [2.45, 2.75) is 50.5 Å². The van der Waals surface area contributed by atoms with Crippen molar-refractivity contribution in [1.29, 1.82) is 0 Å². The monoisotopic (exact) mass is 542 g/mol. The first-order valence-electron chi connectivity index (χ1n) is 14.2. The van der Waals surface area contributed by atoms with Crippen molar-refractivity contribution in [3.8, 4) is 0 Å². The van der Waals surface area contributed by atoms with E-state index in [0.29, 0.717) is 11.8 Å². The molecule has 8 nitrogen and oxygen atoms in total. The topological polar surface area (TPSA) is 91.8 Å². The van der Waals surface area contributed by atoms with E-state index in [1.165, 1.54) is 11.1 Å². The van der Waals surface area contributed by atoms with Crippen LogP contribution >= 0.6 is 0 Å². The second kappa shape index (κ2) is 12.5. The van der Waals surface area contributed by atoms with Crippen molar-refractivity contribution < 1.29 is 19.1 Å². The van der Waals surface area contributed by atoms with Crippen molar-refractivity contribution in [2.75, 3.05) is 32.7 Å². The number of benzene rings is 2. The summed E-state index contributed by atoms with van der Waals surface area (Å²) in [5.74, 6) is 1.57. The number of para-hydroxylation sites is 2. The number of amides is 1. The Morgan fingerprint density at radius 1 is 1.00 bits per heavy atom. The number of rotatable bonds is 6. The molecule has 0 atom stereocenters. The first-order chi connectivity index (χ1) is 19.5. The molecule has 2 aromatic heterocycles. The second-order valence-corrected chi connectivity index (χ2v) is 10.9. The lowest BCUT2D eigenvalue weighted by Gasteiger charge is -2.44. The van der Waals surface area contributed by atoms with Crippen LogP contribution in [0.1, 0.15) is 60.1 Å². The maximum Gasteiger partial charge on any atom is 0.290 e. The zero-order chi connectivity index (χ0) is 28.0. The van der Waals surface area contributed by atoms with Crippen LogP contribution in [0.5, 0.6) is 0 Å². The summed E-state index contributed by atoms with van der Waals surface area (Å²) in [5.41, 5.74) is 3.88. The summed E-state index contributed by atoms with van der Waals surface area (Å²) in [6.45, 7) is 6.75. The predicted octanol–water partition coefficient (Wildman–Crippen LogP) is 5.54. The molecule has 8 heteroatoms. The number of carbonyl (C=O) groups is 2. The van der Waals surface area contributed by atoms with Crippen LogP contribution < -0.4 is 0 Å². The van der Waals surface area contributed by atoms with E-state index in [0.717, 1.165) is 76.2 Å². The lowest BCUT2D eigenvalue weighted by atomic mass is 9.70. The Kier molecular flexibility index (Phi) is 8.65. The van der Waals surface area contributed by atoms with Gasteiger partial charge >= 0.3 is 0 Å². The number of carbonyl (C=O) groups excluding carboxylic acids is 1. The Morgan fingerprint density at radius 3 is 2.35 bits per heavy atom. The Morgan fingerprint density at radius 2 is 1.68 bits per heavy atom. The standard InChI is InChI=1S/C31H36N4O2.CH2O2/c1-24-32-27-10-5-6-11-28(27)35(24)26-13-18-33(19-14-26)20-15-31(25-8-3-2-4-9-25)16-21-34(22-17-31)30(36)29-12-7-23-37-29;2-1-3/h2-12,23,26H,13-22H2,1H3;1H,(H,2,3). The molecule has 0 spiro atoms. The molecule has 40 heavy (non-hydrogen) atoms. The third-order valence-electron chi connectivity index (χ3n) is 8.73. The molecule has 0 bridgehead atoms. The lowest BCUT2D eigenvalue weighted by Crippen LogP contribution is -2.47. The average Bonchev–Trinajstić information content (AvgIpc) is 3.65. The number of carboxylic acid groups (broad SMARTS) is 1. The Balaban J connectivity index is 0.00000103. The molecule has 1 amide bonds. The first-order valence-corrected chi connectivity index (χ1v) is 14.2. The van der Waals surface area contributed by atoms with Crippen molar-refractivity contribution in [2.24, 2.45) is 0 Å². The van der Waals surface area contributed by atoms with Crippen LogP contribution in [-0.2, 0) is 10.2 Å². The molecule has 210 valence electrons. The molecule has 1 N–H and O–H groups in total. The van der Waals surface area contributed by atoms with E-state index < -0.39 is 0 Å². The van der Waals surface area contributed by atoms with E-state index in [1.54, 1.807) is 18.4 Å². The summed E-state index contributed by atoms with van der Waals surface area (Å²) in [7, 11) is 0. The highest BCUT2D eigenvalue weighted by atomic mass is 16.3. The fraction of sp³-hybridized carbons (Fsp3) is 0.406. The van der Waals surface area contributed by atoms with Gasteiger partial charge in [0.25, 0.3) is 12.4 Å². The summed E-state index contributed by atoms with van der Waals surface area (Å²) in [6, 6.07) is 23.5. The minimum atomic E-state index is -0.250. The molecular formula is C32H38N4O4. The van der Waals surface area contributed by atoms with Gasteiger partial charge in [0.2, 0.25) is 0 Å². The van der Waals surface area contributed by atoms with E-state index in [9.17, 15) is 4.79 Å². The maximum atomic E-state index is 12.9. The van der Waals surface area contributed by atoms with E-state index >= 15 is 0 Å². The van der Waals surface area contributed by atoms with Gasteiger partial charge in [0.15, 0.2) is 5.76 Å². The van der Waals surface area contributed by atoms with Gasteiger partial charge in [-0.1, -0.05) is 42.5 Å². The van der Waals surface area contributed by atoms with Crippen LogP contribution in [0.4, 0.5) is 0 Å². The van der Waals surface area contributed by atoms with Gasteiger partial charge < -0.3 is 23.9 Å². The number of fused-ring (bicyclic) bond motifs is 1. The number of furan rings is 1. The number of hydrogen-bond acceptors (Lipinski definition) is 5. The molecule has 0 saturated carbocycles. The van der Waals surface area contributed by atoms with Gasteiger partial charge in [-0.15, -0.1) is 0 Å². The van der Waals surface area contributed by atoms with E-state index in [2.05, 4.69) is 71.0 Å². The normalized spacial score (nSPS) is 17.8. The van der Waals surface area contributed by atoms with Gasteiger partial charge in [-0.2, -0.15) is 0 Å². The van der Waals surface area contributed by atoms with Gasteiger partial charge in [0.05, 0.1) is 17.3 Å². The molecule has 6 rings (SSSR count). The number of imidazole rings is 1. The van der Waals surface area contributed by atoms with Gasteiger partial charge in [-0.25, -0.2) is 4.98 Å².